The van der Waals surface area contributed by atoms with Gasteiger partial charge in [-0.15, -0.1) is 4.57 Å². The van der Waals surface area contributed by atoms with Crippen molar-refractivity contribution in [3.8, 4) is 5.82 Å². The number of rotatable bonds is 2. The Hall–Kier alpha value is -1.68. The van der Waals surface area contributed by atoms with Crippen molar-refractivity contribution < 1.29 is 51.1 Å². The minimum absolute atomic E-state index is 0. The Bertz CT molecular complexity index is 590. The fraction of sp³-hybridized carbons (Fsp3) is 0. The highest BCUT2D eigenvalue weighted by Gasteiger charge is 2.26. The van der Waals surface area contributed by atoms with Crippen molar-refractivity contribution >= 4 is 0 Å². The molecule has 3 heterocycles. The average molecular weight is 343 g/mol. The first-order chi connectivity index (χ1) is 8.95. The lowest BCUT2D eigenvalue weighted by atomic mass is 10.4. The minimum atomic E-state index is 0. The van der Waals surface area contributed by atoms with E-state index in [1.54, 1.807) is 0 Å². The van der Waals surface area contributed by atoms with Crippen LogP contribution in [-0.2, 0) is 0 Å². The van der Waals surface area contributed by atoms with Crippen molar-refractivity contribution in [2.24, 2.45) is 0 Å². The summed E-state index contributed by atoms with van der Waals surface area (Å²) in [5.74, 6) is 1.08. The van der Waals surface area contributed by atoms with E-state index in [1.165, 1.54) is 0 Å². The zero-order valence-corrected chi connectivity index (χ0v) is 13.3. The van der Waals surface area contributed by atoms with Crippen LogP contribution in [0.5, 0.6) is 0 Å². The Morgan fingerprint density at radius 2 is 1.05 bits per heavy atom. The third-order valence-electron chi connectivity index (χ3n) is 2.75. The van der Waals surface area contributed by atoms with Crippen LogP contribution in [-0.4, -0.2) is 0 Å². The molecule has 6 heteroatoms. The average Bonchev–Trinajstić information content (AvgIpc) is 2.49. The summed E-state index contributed by atoms with van der Waals surface area (Å²) in [5.41, 5.74) is 0. The lowest BCUT2D eigenvalue weighted by molar-refractivity contribution is -1.30. The highest BCUT2D eigenvalue weighted by atomic mass is 35.5. The molecule has 0 aliphatic carbocycles. The summed E-state index contributed by atoms with van der Waals surface area (Å²) in [7, 11) is 0. The molecule has 0 aliphatic heterocycles. The van der Waals surface area contributed by atoms with Gasteiger partial charge >= 0.3 is 5.82 Å². The van der Waals surface area contributed by atoms with Crippen molar-refractivity contribution in [2.75, 3.05) is 0 Å². The Balaban J connectivity index is 0.00000133. The second kappa shape index (κ2) is 9.29. The van der Waals surface area contributed by atoms with E-state index in [-0.39, 0.29) is 37.2 Å². The third-order valence-corrected chi connectivity index (χ3v) is 2.75. The van der Waals surface area contributed by atoms with Crippen LogP contribution < -0.4 is 51.1 Å². The lowest BCUT2D eigenvalue weighted by Crippen LogP contribution is -3.00. The minimum Gasteiger partial charge on any atom is -1.00 e. The maximum Gasteiger partial charge on any atom is 0.513 e. The van der Waals surface area contributed by atoms with Crippen molar-refractivity contribution in [3.05, 3.63) is 85.6 Å². The van der Waals surface area contributed by atoms with Gasteiger partial charge in [-0.05, 0) is 12.1 Å². The van der Waals surface area contributed by atoms with E-state index in [4.69, 9.17) is 0 Å². The Morgan fingerprint density at radius 1 is 0.524 bits per heavy atom. The van der Waals surface area contributed by atoms with Crippen LogP contribution in [0.2, 0.25) is 0 Å². The van der Waals surface area contributed by atoms with Crippen LogP contribution in [0.15, 0.2) is 85.6 Å². The number of aromatic nitrogens is 3. The molecule has 110 valence electrons. The fourth-order valence-electron chi connectivity index (χ4n) is 1.91. The molecule has 0 bridgehead atoms. The topological polar surface area (TPSA) is 11.6 Å². The van der Waals surface area contributed by atoms with Gasteiger partial charge in [-0.1, -0.05) is 6.07 Å². The highest BCUT2D eigenvalue weighted by Crippen LogP contribution is 1.90. The van der Waals surface area contributed by atoms with Gasteiger partial charge in [-0.2, -0.15) is 0 Å². The van der Waals surface area contributed by atoms with Crippen LogP contribution in [0.4, 0.5) is 0 Å². The van der Waals surface area contributed by atoms with Gasteiger partial charge in [0.2, 0.25) is 18.6 Å². The van der Waals surface area contributed by atoms with E-state index < -0.39 is 0 Å². The van der Waals surface area contributed by atoms with E-state index in [2.05, 4.69) is 15.3 Å². The van der Waals surface area contributed by atoms with Crippen molar-refractivity contribution in [3.63, 3.8) is 0 Å². The number of nitrogens with zero attached hydrogens (tertiary/aromatic N) is 3. The molecular weight excluding hydrogens is 329 g/mol. The molecule has 0 saturated carbocycles. The summed E-state index contributed by atoms with van der Waals surface area (Å²) in [5, 5.41) is 0. The number of hydrogen-bond donors (Lipinski definition) is 0. The molecule has 3 aromatic rings. The van der Waals surface area contributed by atoms with Crippen molar-refractivity contribution in [1.82, 2.24) is 0 Å². The first-order valence-electron chi connectivity index (χ1n) is 5.89. The molecule has 0 spiro atoms. The zero-order chi connectivity index (χ0) is 12.2. The molecule has 3 nitrogen and oxygen atoms in total. The fourth-order valence-corrected chi connectivity index (χ4v) is 1.91. The van der Waals surface area contributed by atoms with Gasteiger partial charge in [0.1, 0.15) is 4.68 Å². The molecule has 0 radical (unpaired) electrons. The van der Waals surface area contributed by atoms with Gasteiger partial charge < -0.3 is 37.2 Å². The normalized spacial score (nSPS) is 8.76. The summed E-state index contributed by atoms with van der Waals surface area (Å²) in [6.07, 6.45) is 10.2. The van der Waals surface area contributed by atoms with E-state index in [0.29, 0.717) is 0 Å². The molecule has 0 atom stereocenters. The molecule has 0 amide bonds. The Kier molecular flexibility index (Phi) is 8.55. The SMILES string of the molecule is [Cl-].[Cl-].[Cl-].c1cc[n+](-c2cccc[n+]2-[n+]2ccccc2)cc1. The quantitative estimate of drug-likeness (QED) is 0.410. The maximum atomic E-state index is 2.08. The van der Waals surface area contributed by atoms with Crippen LogP contribution in [0.25, 0.3) is 5.82 Å². The second-order valence-electron chi connectivity index (χ2n) is 3.94. The number of halogens is 3. The summed E-state index contributed by atoms with van der Waals surface area (Å²) in [6, 6.07) is 18.2. The Morgan fingerprint density at radius 3 is 1.67 bits per heavy atom. The molecule has 3 aromatic heterocycles. The van der Waals surface area contributed by atoms with Gasteiger partial charge in [0, 0.05) is 30.3 Å². The molecule has 0 N–H and O–H groups in total. The van der Waals surface area contributed by atoms with Gasteiger partial charge in [-0.25, -0.2) is 0 Å². The summed E-state index contributed by atoms with van der Waals surface area (Å²) >= 11 is 0. The van der Waals surface area contributed by atoms with Crippen LogP contribution >= 0.6 is 0 Å². The van der Waals surface area contributed by atoms with Crippen molar-refractivity contribution in [1.29, 1.82) is 0 Å². The molecule has 0 saturated heterocycles. The third kappa shape index (κ3) is 4.39. The summed E-state index contributed by atoms with van der Waals surface area (Å²) < 4.78 is 6.20. The zero-order valence-electron chi connectivity index (χ0n) is 11.1. The molecular formula is C15H14Cl3N3. The van der Waals surface area contributed by atoms with Crippen LogP contribution in [0, 0.1) is 0 Å². The van der Waals surface area contributed by atoms with E-state index in [1.807, 2.05) is 84.2 Å². The standard InChI is InChI=1S/C15H14N3.3ClH/c1-4-10-16(11-5-1)15-9-3-8-14-18(15)17-12-6-2-7-13-17;;;/h1-14H;3*1H/q+3;;;/p-3. The highest BCUT2D eigenvalue weighted by molar-refractivity contribution is 5.03. The molecule has 0 unspecified atom stereocenters. The maximum absolute atomic E-state index is 2.08. The van der Waals surface area contributed by atoms with Gasteiger partial charge in [0.15, 0.2) is 12.4 Å². The molecule has 21 heavy (non-hydrogen) atoms. The van der Waals surface area contributed by atoms with Gasteiger partial charge in [0.05, 0.1) is 10.7 Å². The van der Waals surface area contributed by atoms with E-state index in [9.17, 15) is 0 Å². The Labute approximate surface area is 142 Å². The largest absolute Gasteiger partial charge is 1.00 e. The summed E-state index contributed by atoms with van der Waals surface area (Å²) in [6.45, 7) is 0. The monoisotopic (exact) mass is 341 g/mol. The second-order valence-corrected chi connectivity index (χ2v) is 3.94. The summed E-state index contributed by atoms with van der Waals surface area (Å²) in [4.78, 5) is 0. The smallest absolute Gasteiger partial charge is 0.513 e. The van der Waals surface area contributed by atoms with E-state index in [0.717, 1.165) is 5.82 Å². The number of hydrogen-bond acceptors (Lipinski definition) is 0. The first-order valence-corrected chi connectivity index (χ1v) is 5.89. The predicted octanol–water partition coefficient (Wildman–Crippen LogP) is -8.14. The molecule has 0 aliphatic rings. The van der Waals surface area contributed by atoms with Gasteiger partial charge in [0.25, 0.3) is 0 Å². The van der Waals surface area contributed by atoms with Crippen molar-refractivity contribution in [2.45, 2.75) is 0 Å². The lowest BCUT2D eigenvalue weighted by Gasteiger charge is -1.92. The predicted molar refractivity (Wildman–Crippen MR) is 65.6 cm³/mol. The first kappa shape index (κ1) is 19.3. The molecule has 3 rings (SSSR count). The molecule has 0 fully saturated rings. The van der Waals surface area contributed by atoms with Crippen LogP contribution in [0.3, 0.4) is 0 Å². The number of pyridine rings is 3. The molecule has 0 aromatic carbocycles. The van der Waals surface area contributed by atoms with E-state index >= 15 is 0 Å². The van der Waals surface area contributed by atoms with Crippen LogP contribution in [0.1, 0.15) is 0 Å². The van der Waals surface area contributed by atoms with Gasteiger partial charge in [-0.3, -0.25) is 0 Å².